The molecule has 0 unspecified atom stereocenters. The molecular formula is C9H18ClNO2. The number of nitrogens with one attached hydrogen (secondary N) is 1. The predicted molar refractivity (Wildman–Crippen MR) is 56.2 cm³/mol. The Kier molecular flexibility index (Phi) is 7.96. The molecule has 0 spiro atoms. The van der Waals surface area contributed by atoms with Crippen LogP contribution in [0.4, 0.5) is 0 Å². The van der Waals surface area contributed by atoms with Crippen molar-refractivity contribution in [3.8, 4) is 0 Å². The Balaban J connectivity index is 0. The number of halogens is 1. The van der Waals surface area contributed by atoms with Gasteiger partial charge < -0.3 is 10.1 Å². The van der Waals surface area contributed by atoms with Gasteiger partial charge in [0.15, 0.2) is 0 Å². The van der Waals surface area contributed by atoms with Gasteiger partial charge in [-0.15, -0.1) is 19.0 Å². The molecule has 0 amide bonds. The normalized spacial score (nSPS) is 10.1. The van der Waals surface area contributed by atoms with Gasteiger partial charge in [-0.1, -0.05) is 6.08 Å². The lowest BCUT2D eigenvalue weighted by Gasteiger charge is -2.19. The minimum atomic E-state index is -0.396. The Morgan fingerprint density at radius 3 is 2.46 bits per heavy atom. The van der Waals surface area contributed by atoms with Crippen LogP contribution in [0.25, 0.3) is 0 Å². The molecule has 0 aromatic carbocycles. The third-order valence-corrected chi connectivity index (χ3v) is 0.978. The lowest BCUT2D eigenvalue weighted by Crippen LogP contribution is -2.31. The van der Waals surface area contributed by atoms with Gasteiger partial charge in [0.25, 0.3) is 0 Å². The Morgan fingerprint density at radius 2 is 2.08 bits per heavy atom. The maximum Gasteiger partial charge on any atom is 0.320 e. The van der Waals surface area contributed by atoms with Gasteiger partial charge in [-0.3, -0.25) is 4.79 Å². The summed E-state index contributed by atoms with van der Waals surface area (Å²) in [7, 11) is 0. The molecule has 0 aromatic heterocycles. The number of ether oxygens (including phenoxy) is 1. The number of esters is 1. The van der Waals surface area contributed by atoms with Crippen molar-refractivity contribution >= 4 is 18.4 Å². The Bertz CT molecular complexity index is 163. The predicted octanol–water partition coefficient (Wildman–Crippen LogP) is 1.53. The SMILES string of the molecule is C=CCNCC(=O)OC(C)(C)C.Cl. The van der Waals surface area contributed by atoms with Crippen molar-refractivity contribution < 1.29 is 9.53 Å². The molecule has 0 aliphatic rings. The average Bonchev–Trinajstić information content (AvgIpc) is 1.84. The monoisotopic (exact) mass is 207 g/mol. The maximum absolute atomic E-state index is 11.0. The zero-order valence-electron chi connectivity index (χ0n) is 8.42. The van der Waals surface area contributed by atoms with Crippen molar-refractivity contribution in [1.29, 1.82) is 0 Å². The summed E-state index contributed by atoms with van der Waals surface area (Å²) in [6.07, 6.45) is 1.70. The molecule has 13 heavy (non-hydrogen) atoms. The van der Waals surface area contributed by atoms with Crippen LogP contribution in [0, 0.1) is 0 Å². The van der Waals surface area contributed by atoms with Gasteiger partial charge in [0, 0.05) is 6.54 Å². The first-order valence-corrected chi connectivity index (χ1v) is 3.99. The van der Waals surface area contributed by atoms with E-state index in [2.05, 4.69) is 11.9 Å². The van der Waals surface area contributed by atoms with Crippen LogP contribution >= 0.6 is 12.4 Å². The molecular weight excluding hydrogens is 190 g/mol. The van der Waals surface area contributed by atoms with Crippen LogP contribution in [0.3, 0.4) is 0 Å². The highest BCUT2D eigenvalue weighted by molar-refractivity contribution is 5.85. The molecule has 0 saturated carbocycles. The fourth-order valence-electron chi connectivity index (χ4n) is 0.654. The summed E-state index contributed by atoms with van der Waals surface area (Å²) in [5, 5.41) is 2.86. The van der Waals surface area contributed by atoms with E-state index in [0.29, 0.717) is 6.54 Å². The smallest absolute Gasteiger partial charge is 0.320 e. The number of carbonyl (C=O) groups is 1. The van der Waals surface area contributed by atoms with E-state index in [4.69, 9.17) is 4.74 Å². The van der Waals surface area contributed by atoms with Crippen molar-refractivity contribution in [3.05, 3.63) is 12.7 Å². The van der Waals surface area contributed by atoms with Crippen LogP contribution < -0.4 is 5.32 Å². The van der Waals surface area contributed by atoms with Crippen LogP contribution in [0.2, 0.25) is 0 Å². The summed E-state index contributed by atoms with van der Waals surface area (Å²) in [6, 6.07) is 0. The second-order valence-corrected chi connectivity index (χ2v) is 3.51. The molecule has 0 rings (SSSR count). The molecule has 0 aliphatic heterocycles. The third-order valence-electron chi connectivity index (χ3n) is 0.978. The molecule has 78 valence electrons. The Morgan fingerprint density at radius 1 is 1.54 bits per heavy atom. The van der Waals surface area contributed by atoms with E-state index in [1.54, 1.807) is 6.08 Å². The maximum atomic E-state index is 11.0. The molecule has 0 saturated heterocycles. The fraction of sp³-hybridized carbons (Fsp3) is 0.667. The average molecular weight is 208 g/mol. The third kappa shape index (κ3) is 11.5. The van der Waals surface area contributed by atoms with Crippen LogP contribution in [0.5, 0.6) is 0 Å². The van der Waals surface area contributed by atoms with Crippen molar-refractivity contribution in [2.24, 2.45) is 0 Å². The van der Waals surface area contributed by atoms with Crippen LogP contribution in [-0.4, -0.2) is 24.7 Å². The molecule has 0 fully saturated rings. The largest absolute Gasteiger partial charge is 0.459 e. The quantitative estimate of drug-likeness (QED) is 0.432. The Hall–Kier alpha value is -0.540. The number of rotatable bonds is 4. The summed E-state index contributed by atoms with van der Waals surface area (Å²) < 4.78 is 5.05. The van der Waals surface area contributed by atoms with E-state index in [-0.39, 0.29) is 24.9 Å². The van der Waals surface area contributed by atoms with Crippen molar-refractivity contribution in [1.82, 2.24) is 5.32 Å². The van der Waals surface area contributed by atoms with E-state index < -0.39 is 5.60 Å². The van der Waals surface area contributed by atoms with Gasteiger partial charge in [-0.25, -0.2) is 0 Å². The van der Waals surface area contributed by atoms with Gasteiger partial charge in [-0.05, 0) is 20.8 Å². The molecule has 0 radical (unpaired) electrons. The highest BCUT2D eigenvalue weighted by Crippen LogP contribution is 2.05. The second-order valence-electron chi connectivity index (χ2n) is 3.51. The summed E-state index contributed by atoms with van der Waals surface area (Å²) in [5.41, 5.74) is -0.396. The molecule has 0 bridgehead atoms. The molecule has 0 heterocycles. The Labute approximate surface area is 85.9 Å². The second kappa shape index (κ2) is 6.92. The van der Waals surface area contributed by atoms with Gasteiger partial charge >= 0.3 is 5.97 Å². The van der Waals surface area contributed by atoms with E-state index in [0.717, 1.165) is 0 Å². The number of hydrogen-bond acceptors (Lipinski definition) is 3. The number of hydrogen-bond donors (Lipinski definition) is 1. The molecule has 0 aliphatic carbocycles. The summed E-state index contributed by atoms with van der Waals surface area (Å²) in [6.45, 7) is 9.92. The van der Waals surface area contributed by atoms with Crippen LogP contribution in [0.15, 0.2) is 12.7 Å². The zero-order valence-corrected chi connectivity index (χ0v) is 9.24. The van der Waals surface area contributed by atoms with Crippen molar-refractivity contribution in [2.75, 3.05) is 13.1 Å². The molecule has 0 atom stereocenters. The van der Waals surface area contributed by atoms with E-state index in [1.807, 2.05) is 20.8 Å². The van der Waals surface area contributed by atoms with E-state index >= 15 is 0 Å². The van der Waals surface area contributed by atoms with Crippen molar-refractivity contribution in [3.63, 3.8) is 0 Å². The first-order valence-electron chi connectivity index (χ1n) is 3.99. The molecule has 4 heteroatoms. The highest BCUT2D eigenvalue weighted by atomic mass is 35.5. The highest BCUT2D eigenvalue weighted by Gasteiger charge is 2.14. The number of carbonyl (C=O) groups excluding carboxylic acids is 1. The topological polar surface area (TPSA) is 38.3 Å². The van der Waals surface area contributed by atoms with Gasteiger partial charge in [0.2, 0.25) is 0 Å². The van der Waals surface area contributed by atoms with Crippen LogP contribution in [0.1, 0.15) is 20.8 Å². The lowest BCUT2D eigenvalue weighted by molar-refractivity contribution is -0.153. The van der Waals surface area contributed by atoms with E-state index in [1.165, 1.54) is 0 Å². The molecule has 1 N–H and O–H groups in total. The lowest BCUT2D eigenvalue weighted by atomic mass is 10.2. The standard InChI is InChI=1S/C9H17NO2.ClH/c1-5-6-10-7-8(11)12-9(2,3)4;/h5,10H,1,6-7H2,2-4H3;1H. The first-order chi connectivity index (χ1) is 5.45. The first kappa shape index (κ1) is 15.0. The van der Waals surface area contributed by atoms with Crippen molar-refractivity contribution in [2.45, 2.75) is 26.4 Å². The summed E-state index contributed by atoms with van der Waals surface area (Å²) in [5.74, 6) is -0.232. The molecule has 3 nitrogen and oxygen atoms in total. The van der Waals surface area contributed by atoms with Gasteiger partial charge in [0.1, 0.15) is 5.60 Å². The van der Waals surface area contributed by atoms with E-state index in [9.17, 15) is 4.79 Å². The zero-order chi connectivity index (χ0) is 9.61. The van der Waals surface area contributed by atoms with Gasteiger partial charge in [-0.2, -0.15) is 0 Å². The summed E-state index contributed by atoms with van der Waals surface area (Å²) in [4.78, 5) is 11.0. The summed E-state index contributed by atoms with van der Waals surface area (Å²) >= 11 is 0. The van der Waals surface area contributed by atoms with Gasteiger partial charge in [0.05, 0.1) is 6.54 Å². The minimum Gasteiger partial charge on any atom is -0.459 e. The minimum absolute atomic E-state index is 0. The molecule has 0 aromatic rings. The fourth-order valence-corrected chi connectivity index (χ4v) is 0.654. The van der Waals surface area contributed by atoms with Crippen LogP contribution in [-0.2, 0) is 9.53 Å².